The zero-order valence-electron chi connectivity index (χ0n) is 15.9. The van der Waals surface area contributed by atoms with Crippen molar-refractivity contribution < 1.29 is 23.8 Å². The summed E-state index contributed by atoms with van der Waals surface area (Å²) in [5.74, 6) is -1.40. The van der Waals surface area contributed by atoms with Crippen molar-refractivity contribution >= 4 is 23.2 Å². The first-order chi connectivity index (χ1) is 14.0. The normalized spacial score (nSPS) is 23.6. The highest BCUT2D eigenvalue weighted by molar-refractivity contribution is 7.80. The molecule has 1 amide bonds. The van der Waals surface area contributed by atoms with E-state index in [-0.39, 0.29) is 30.8 Å². The fourth-order valence-electron chi connectivity index (χ4n) is 3.68. The molecule has 0 radical (unpaired) electrons. The van der Waals surface area contributed by atoms with Crippen molar-refractivity contribution in [3.63, 3.8) is 0 Å². The third-order valence-corrected chi connectivity index (χ3v) is 5.29. The summed E-state index contributed by atoms with van der Waals surface area (Å²) in [5.41, 5.74) is -0.422. The number of ether oxygens (including phenoxy) is 2. The third-order valence-electron chi connectivity index (χ3n) is 5.09. The van der Waals surface area contributed by atoms with Crippen LogP contribution < -0.4 is 10.6 Å². The van der Waals surface area contributed by atoms with Gasteiger partial charge in [-0.3, -0.25) is 10.1 Å². The maximum Gasteiger partial charge on any atom is 0.257 e. The number of carbonyl (C=O) groups is 1. The van der Waals surface area contributed by atoms with Crippen LogP contribution in [0.25, 0.3) is 0 Å². The van der Waals surface area contributed by atoms with Crippen molar-refractivity contribution in [3.05, 3.63) is 71.5 Å². The van der Waals surface area contributed by atoms with Gasteiger partial charge in [0.2, 0.25) is 0 Å². The van der Waals surface area contributed by atoms with E-state index in [1.54, 1.807) is 48.5 Å². The first kappa shape index (κ1) is 21.3. The van der Waals surface area contributed by atoms with E-state index in [4.69, 9.17) is 21.7 Å². The van der Waals surface area contributed by atoms with E-state index in [9.17, 15) is 14.3 Å². The Hall–Kier alpha value is -2.39. The second kappa shape index (κ2) is 9.41. The van der Waals surface area contributed by atoms with Gasteiger partial charge in [-0.1, -0.05) is 36.4 Å². The summed E-state index contributed by atoms with van der Waals surface area (Å²) in [6.45, 7) is -0.00855. The smallest absolute Gasteiger partial charge is 0.257 e. The summed E-state index contributed by atoms with van der Waals surface area (Å²) in [6, 6.07) is 14.8. The number of hydrogen-bond acceptors (Lipinski definition) is 5. The number of methoxy groups -OCH3 is 1. The minimum atomic E-state index is -1.16. The molecule has 0 aliphatic carbocycles. The van der Waals surface area contributed by atoms with E-state index in [0.29, 0.717) is 11.1 Å². The van der Waals surface area contributed by atoms with E-state index < -0.39 is 23.4 Å². The summed E-state index contributed by atoms with van der Waals surface area (Å²) in [5, 5.41) is 15.8. The molecular weight excluding hydrogens is 395 g/mol. The molecular formula is C21H23FN2O4S. The van der Waals surface area contributed by atoms with Gasteiger partial charge in [-0.15, -0.1) is 0 Å². The number of halogens is 1. The predicted molar refractivity (Wildman–Crippen MR) is 110 cm³/mol. The minimum Gasteiger partial charge on any atom is -0.396 e. The third kappa shape index (κ3) is 4.45. The van der Waals surface area contributed by atoms with E-state index in [1.807, 2.05) is 0 Å². The van der Waals surface area contributed by atoms with Gasteiger partial charge in [0, 0.05) is 24.2 Å². The molecule has 1 aliphatic rings. The lowest BCUT2D eigenvalue weighted by atomic mass is 9.78. The molecule has 3 N–H and O–H groups in total. The average Bonchev–Trinajstić information content (AvgIpc) is 3.06. The number of thiocarbonyl (C=S) groups is 1. The largest absolute Gasteiger partial charge is 0.396 e. The monoisotopic (exact) mass is 418 g/mol. The molecule has 1 fully saturated rings. The number of rotatable bonds is 6. The minimum absolute atomic E-state index is 0.0159. The standard InChI is InChI=1S/C21H23FN2O4S/c1-27-12-18-16(11-25)21(13-28-18,15-9-5-6-10-17(15)22)24-20(29)23-19(26)14-7-3-2-4-8-14/h2-10,16,18,25H,11-13H2,1H3,(H2,23,24,26,29)/t16-,18-,21-/m1/s1. The van der Waals surface area contributed by atoms with Gasteiger partial charge in [-0.2, -0.15) is 0 Å². The quantitative estimate of drug-likeness (QED) is 0.623. The van der Waals surface area contributed by atoms with E-state index >= 15 is 0 Å². The van der Waals surface area contributed by atoms with Gasteiger partial charge >= 0.3 is 0 Å². The Bertz CT molecular complexity index is 867. The van der Waals surface area contributed by atoms with Crippen molar-refractivity contribution in [1.29, 1.82) is 0 Å². The number of benzene rings is 2. The second-order valence-corrected chi connectivity index (χ2v) is 7.23. The van der Waals surface area contributed by atoms with Crippen LogP contribution in [0.2, 0.25) is 0 Å². The first-order valence-electron chi connectivity index (χ1n) is 9.16. The Labute approximate surface area is 174 Å². The zero-order chi connectivity index (χ0) is 20.9. The van der Waals surface area contributed by atoms with Gasteiger partial charge in [-0.25, -0.2) is 4.39 Å². The van der Waals surface area contributed by atoms with Crippen molar-refractivity contribution in [1.82, 2.24) is 10.6 Å². The summed E-state index contributed by atoms with van der Waals surface area (Å²) in [4.78, 5) is 12.4. The number of aliphatic hydroxyl groups excluding tert-OH is 1. The molecule has 6 nitrogen and oxygen atoms in total. The lowest BCUT2D eigenvalue weighted by molar-refractivity contribution is 0.00949. The van der Waals surface area contributed by atoms with Crippen LogP contribution in [0.5, 0.6) is 0 Å². The van der Waals surface area contributed by atoms with Crippen molar-refractivity contribution in [3.8, 4) is 0 Å². The Morgan fingerprint density at radius 2 is 1.97 bits per heavy atom. The fourth-order valence-corrected chi connectivity index (χ4v) is 3.95. The van der Waals surface area contributed by atoms with Gasteiger partial charge in [-0.05, 0) is 30.4 Å². The topological polar surface area (TPSA) is 79.8 Å². The Balaban J connectivity index is 1.89. The highest BCUT2D eigenvalue weighted by Crippen LogP contribution is 2.40. The first-order valence-corrected chi connectivity index (χ1v) is 9.57. The van der Waals surface area contributed by atoms with Gasteiger partial charge in [0.25, 0.3) is 5.91 Å². The Morgan fingerprint density at radius 3 is 2.62 bits per heavy atom. The molecule has 3 rings (SSSR count). The number of aliphatic hydroxyl groups is 1. The van der Waals surface area contributed by atoms with Crippen LogP contribution in [-0.2, 0) is 15.0 Å². The molecule has 1 heterocycles. The van der Waals surface area contributed by atoms with Crippen molar-refractivity contribution in [2.24, 2.45) is 5.92 Å². The highest BCUT2D eigenvalue weighted by Gasteiger charge is 2.52. The predicted octanol–water partition coefficient (Wildman–Crippen LogP) is 1.98. The number of amides is 1. The van der Waals surface area contributed by atoms with Crippen LogP contribution in [0.1, 0.15) is 15.9 Å². The molecule has 3 atom stereocenters. The zero-order valence-corrected chi connectivity index (χ0v) is 16.7. The van der Waals surface area contributed by atoms with Gasteiger partial charge in [0.1, 0.15) is 5.82 Å². The molecule has 2 aromatic rings. The Kier molecular flexibility index (Phi) is 6.92. The Morgan fingerprint density at radius 1 is 1.28 bits per heavy atom. The van der Waals surface area contributed by atoms with Crippen LogP contribution in [-0.4, -0.2) is 49.2 Å². The lowest BCUT2D eigenvalue weighted by Crippen LogP contribution is -2.57. The second-order valence-electron chi connectivity index (χ2n) is 6.82. The van der Waals surface area contributed by atoms with Crippen LogP contribution in [0.4, 0.5) is 4.39 Å². The lowest BCUT2D eigenvalue weighted by Gasteiger charge is -2.37. The molecule has 0 unspecified atom stereocenters. The summed E-state index contributed by atoms with van der Waals surface area (Å²) in [6.07, 6.45) is -0.468. The van der Waals surface area contributed by atoms with E-state index in [2.05, 4.69) is 10.6 Å². The van der Waals surface area contributed by atoms with Crippen LogP contribution >= 0.6 is 12.2 Å². The molecule has 0 spiro atoms. The molecule has 0 aromatic heterocycles. The summed E-state index contributed by atoms with van der Waals surface area (Å²) < 4.78 is 25.8. The molecule has 1 saturated heterocycles. The summed E-state index contributed by atoms with van der Waals surface area (Å²) >= 11 is 5.35. The molecule has 29 heavy (non-hydrogen) atoms. The highest BCUT2D eigenvalue weighted by atomic mass is 32.1. The molecule has 2 aromatic carbocycles. The van der Waals surface area contributed by atoms with Crippen molar-refractivity contribution in [2.45, 2.75) is 11.6 Å². The molecule has 1 aliphatic heterocycles. The molecule has 0 saturated carbocycles. The maximum atomic E-state index is 14.7. The molecule has 154 valence electrons. The van der Waals surface area contributed by atoms with Gasteiger partial charge in [0.15, 0.2) is 5.11 Å². The van der Waals surface area contributed by atoms with E-state index in [1.165, 1.54) is 13.2 Å². The summed E-state index contributed by atoms with van der Waals surface area (Å²) in [7, 11) is 1.53. The molecule has 0 bridgehead atoms. The van der Waals surface area contributed by atoms with Gasteiger partial charge < -0.3 is 19.9 Å². The van der Waals surface area contributed by atoms with Crippen molar-refractivity contribution in [2.75, 3.05) is 26.9 Å². The van der Waals surface area contributed by atoms with E-state index in [0.717, 1.165) is 0 Å². The fraction of sp³-hybridized carbons (Fsp3) is 0.333. The van der Waals surface area contributed by atoms with Crippen LogP contribution in [0.15, 0.2) is 54.6 Å². The van der Waals surface area contributed by atoms with Crippen LogP contribution in [0.3, 0.4) is 0 Å². The average molecular weight is 418 g/mol. The number of carbonyl (C=O) groups excluding carboxylic acids is 1. The number of nitrogens with one attached hydrogen (secondary N) is 2. The van der Waals surface area contributed by atoms with Crippen LogP contribution in [0, 0.1) is 11.7 Å². The number of hydrogen-bond donors (Lipinski definition) is 3. The van der Waals surface area contributed by atoms with Gasteiger partial charge in [0.05, 0.1) is 31.5 Å². The SMILES string of the molecule is COC[C@H]1OC[C@@](NC(=S)NC(=O)c2ccccc2)(c2ccccc2F)[C@@H]1CO. The maximum absolute atomic E-state index is 14.7. The molecule has 8 heteroatoms.